The summed E-state index contributed by atoms with van der Waals surface area (Å²) >= 11 is 11.7. The highest BCUT2D eigenvalue weighted by Crippen LogP contribution is 2.29. The molecular formula is C11H15Cl2NO3S. The van der Waals surface area contributed by atoms with Gasteiger partial charge in [-0.25, -0.2) is 8.42 Å². The Kier molecular flexibility index (Phi) is 5.43. The largest absolute Gasteiger partial charge is 0.395 e. The van der Waals surface area contributed by atoms with Crippen molar-refractivity contribution in [2.75, 3.05) is 12.4 Å². The highest BCUT2D eigenvalue weighted by molar-refractivity contribution is 7.92. The summed E-state index contributed by atoms with van der Waals surface area (Å²) in [5.41, 5.74) is 6.35. The van der Waals surface area contributed by atoms with Crippen LogP contribution in [0.1, 0.15) is 18.5 Å². The molecule has 1 aromatic carbocycles. The molecule has 0 unspecified atom stereocenters. The first kappa shape index (κ1) is 15.7. The van der Waals surface area contributed by atoms with E-state index < -0.39 is 27.7 Å². The van der Waals surface area contributed by atoms with Crippen LogP contribution in [-0.4, -0.2) is 31.1 Å². The number of aliphatic hydroxyl groups excluding tert-OH is 1. The summed E-state index contributed by atoms with van der Waals surface area (Å²) in [4.78, 5) is 0. The lowest BCUT2D eigenvalue weighted by molar-refractivity contribution is 0.277. The Morgan fingerprint density at radius 1 is 1.39 bits per heavy atom. The molecule has 2 atom stereocenters. The summed E-state index contributed by atoms with van der Waals surface area (Å²) in [6, 6.07) is 3.76. The predicted molar refractivity (Wildman–Crippen MR) is 73.7 cm³/mol. The quantitative estimate of drug-likeness (QED) is 0.868. The Labute approximate surface area is 117 Å². The van der Waals surface area contributed by atoms with E-state index in [0.29, 0.717) is 15.6 Å². The van der Waals surface area contributed by atoms with Crippen molar-refractivity contribution in [3.8, 4) is 0 Å². The van der Waals surface area contributed by atoms with Gasteiger partial charge in [0, 0.05) is 15.8 Å². The van der Waals surface area contributed by atoms with Gasteiger partial charge in [-0.3, -0.25) is 0 Å². The average molecular weight is 312 g/mol. The van der Waals surface area contributed by atoms with Gasteiger partial charge in [0.1, 0.15) is 5.25 Å². The molecule has 0 saturated carbocycles. The van der Waals surface area contributed by atoms with Crippen LogP contribution >= 0.6 is 23.2 Å². The summed E-state index contributed by atoms with van der Waals surface area (Å²) in [5.74, 6) is -0.0862. The summed E-state index contributed by atoms with van der Waals surface area (Å²) < 4.78 is 23.6. The minimum Gasteiger partial charge on any atom is -0.395 e. The molecule has 102 valence electrons. The first-order valence-electron chi connectivity index (χ1n) is 5.36. The van der Waals surface area contributed by atoms with Crippen LogP contribution in [-0.2, 0) is 9.84 Å². The van der Waals surface area contributed by atoms with Gasteiger partial charge in [-0.05, 0) is 17.7 Å². The molecule has 18 heavy (non-hydrogen) atoms. The molecule has 3 N–H and O–H groups in total. The Balaban J connectivity index is 3.15. The minimum atomic E-state index is -3.45. The van der Waals surface area contributed by atoms with Gasteiger partial charge in [-0.2, -0.15) is 0 Å². The van der Waals surface area contributed by atoms with Gasteiger partial charge in [0.2, 0.25) is 0 Å². The third-order valence-electron chi connectivity index (χ3n) is 2.77. The highest BCUT2D eigenvalue weighted by Gasteiger charge is 2.31. The second kappa shape index (κ2) is 6.21. The third kappa shape index (κ3) is 3.36. The lowest BCUT2D eigenvalue weighted by Crippen LogP contribution is -2.37. The number of halogens is 2. The van der Waals surface area contributed by atoms with E-state index in [-0.39, 0.29) is 5.75 Å². The van der Waals surface area contributed by atoms with Crippen molar-refractivity contribution < 1.29 is 13.5 Å². The molecule has 1 aromatic rings. The molecule has 4 nitrogen and oxygen atoms in total. The minimum absolute atomic E-state index is 0.0862. The van der Waals surface area contributed by atoms with Gasteiger partial charge in [-0.1, -0.05) is 36.2 Å². The van der Waals surface area contributed by atoms with Crippen molar-refractivity contribution in [2.45, 2.75) is 18.2 Å². The topological polar surface area (TPSA) is 80.4 Å². The van der Waals surface area contributed by atoms with Crippen molar-refractivity contribution in [1.29, 1.82) is 0 Å². The molecule has 0 bridgehead atoms. The van der Waals surface area contributed by atoms with Crippen molar-refractivity contribution in [3.05, 3.63) is 33.8 Å². The van der Waals surface area contributed by atoms with E-state index in [1.54, 1.807) is 12.1 Å². The summed E-state index contributed by atoms with van der Waals surface area (Å²) in [6.45, 7) is 0.963. The maximum Gasteiger partial charge on any atom is 0.157 e. The molecule has 0 aliphatic heterocycles. The van der Waals surface area contributed by atoms with Crippen LogP contribution in [0.5, 0.6) is 0 Å². The van der Waals surface area contributed by atoms with Crippen LogP contribution in [0.15, 0.2) is 18.2 Å². The first-order valence-corrected chi connectivity index (χ1v) is 7.83. The number of rotatable bonds is 5. The second-order valence-corrected chi connectivity index (χ2v) is 7.22. The lowest BCUT2D eigenvalue weighted by Gasteiger charge is -2.22. The van der Waals surface area contributed by atoms with Crippen molar-refractivity contribution >= 4 is 33.0 Å². The van der Waals surface area contributed by atoms with Gasteiger partial charge in [0.15, 0.2) is 9.84 Å². The second-order valence-electron chi connectivity index (χ2n) is 3.86. The maximum absolute atomic E-state index is 11.8. The molecule has 0 amide bonds. The van der Waals surface area contributed by atoms with Crippen LogP contribution in [0.2, 0.25) is 10.0 Å². The number of hydrogen-bond acceptors (Lipinski definition) is 4. The molecule has 0 aliphatic carbocycles. The Morgan fingerprint density at radius 3 is 2.44 bits per heavy atom. The number of aliphatic hydroxyl groups is 1. The molecule has 0 radical (unpaired) electrons. The van der Waals surface area contributed by atoms with Crippen LogP contribution < -0.4 is 5.73 Å². The fraction of sp³-hybridized carbons (Fsp3) is 0.455. The number of hydrogen-bond donors (Lipinski definition) is 2. The molecule has 0 aromatic heterocycles. The van der Waals surface area contributed by atoms with Gasteiger partial charge in [0.05, 0.1) is 12.6 Å². The molecule has 0 heterocycles. The molecule has 0 saturated heterocycles. The maximum atomic E-state index is 11.8. The van der Waals surface area contributed by atoms with Gasteiger partial charge in [0.25, 0.3) is 0 Å². The molecule has 0 aliphatic rings. The summed E-state index contributed by atoms with van der Waals surface area (Å²) in [7, 11) is -3.45. The standard InChI is InChI=1S/C11H15Cl2NO3S/c1-2-18(16,17)10(6-15)11(14)8-4-3-7(12)5-9(8)13/h3-5,10-11,15H,2,6,14H2,1H3/t10-,11-/m1/s1. The summed E-state index contributed by atoms with van der Waals surface area (Å²) in [6.07, 6.45) is 0. The van der Waals surface area contributed by atoms with Crippen LogP contribution in [0.4, 0.5) is 0 Å². The van der Waals surface area contributed by atoms with Crippen LogP contribution in [0.25, 0.3) is 0 Å². The van der Waals surface area contributed by atoms with Gasteiger partial charge < -0.3 is 10.8 Å². The normalized spacial score (nSPS) is 15.4. The Hall–Kier alpha value is -0.330. The summed E-state index contributed by atoms with van der Waals surface area (Å²) in [5, 5.41) is 8.90. The molecule has 7 heteroatoms. The average Bonchev–Trinajstić information content (AvgIpc) is 2.29. The third-order valence-corrected chi connectivity index (χ3v) is 5.50. The molecule has 0 spiro atoms. The number of sulfone groups is 1. The van der Waals surface area contributed by atoms with E-state index in [4.69, 9.17) is 28.9 Å². The number of benzene rings is 1. The Morgan fingerprint density at radius 2 is 2.00 bits per heavy atom. The first-order chi connectivity index (χ1) is 8.33. The van der Waals surface area contributed by atoms with E-state index >= 15 is 0 Å². The zero-order valence-corrected chi connectivity index (χ0v) is 12.1. The van der Waals surface area contributed by atoms with Crippen molar-refractivity contribution in [1.82, 2.24) is 0 Å². The predicted octanol–water partition coefficient (Wildman–Crippen LogP) is 1.79. The van der Waals surface area contributed by atoms with Crippen molar-refractivity contribution in [2.24, 2.45) is 5.73 Å². The van der Waals surface area contributed by atoms with E-state index in [9.17, 15) is 13.5 Å². The highest BCUT2D eigenvalue weighted by atomic mass is 35.5. The van der Waals surface area contributed by atoms with Gasteiger partial charge in [-0.15, -0.1) is 0 Å². The fourth-order valence-corrected chi connectivity index (χ4v) is 3.42. The Bertz CT molecular complexity index is 519. The molecule has 1 rings (SSSR count). The SMILES string of the molecule is CCS(=O)(=O)[C@H](CO)[C@H](N)c1ccc(Cl)cc1Cl. The zero-order valence-electron chi connectivity index (χ0n) is 9.81. The molecule has 0 fully saturated rings. The van der Waals surface area contributed by atoms with E-state index in [0.717, 1.165) is 0 Å². The van der Waals surface area contributed by atoms with Crippen LogP contribution in [0.3, 0.4) is 0 Å². The van der Waals surface area contributed by atoms with E-state index in [1.807, 2.05) is 0 Å². The molecular weight excluding hydrogens is 297 g/mol. The number of nitrogens with two attached hydrogens (primary N) is 1. The van der Waals surface area contributed by atoms with Gasteiger partial charge >= 0.3 is 0 Å². The lowest BCUT2D eigenvalue weighted by atomic mass is 10.0. The smallest absolute Gasteiger partial charge is 0.157 e. The van der Waals surface area contributed by atoms with Crippen molar-refractivity contribution in [3.63, 3.8) is 0 Å². The van der Waals surface area contributed by atoms with E-state index in [2.05, 4.69) is 0 Å². The van der Waals surface area contributed by atoms with E-state index in [1.165, 1.54) is 13.0 Å². The van der Waals surface area contributed by atoms with Crippen LogP contribution in [0, 0.1) is 0 Å². The fourth-order valence-electron chi connectivity index (χ4n) is 1.64. The zero-order chi connectivity index (χ0) is 13.9. The monoisotopic (exact) mass is 311 g/mol.